The van der Waals surface area contributed by atoms with E-state index in [0.717, 1.165) is 19.5 Å². The molecule has 3 fully saturated rings. The molecule has 2 N–H and O–H groups in total. The highest BCUT2D eigenvalue weighted by molar-refractivity contribution is 5.77. The molecule has 0 radical (unpaired) electrons. The van der Waals surface area contributed by atoms with Crippen molar-refractivity contribution in [2.75, 3.05) is 32.8 Å². The number of rotatable bonds is 7. The monoisotopic (exact) mass is 282 g/mol. The minimum atomic E-state index is -1.31. The van der Waals surface area contributed by atoms with Crippen LogP contribution in [0.25, 0.3) is 0 Å². The molecule has 0 aliphatic carbocycles. The third kappa shape index (κ3) is 3.80. The number of carboxylic acids is 1. The van der Waals surface area contributed by atoms with Gasteiger partial charge in [-0.15, -0.1) is 6.58 Å². The minimum absolute atomic E-state index is 0.227. The molecule has 1 amide bonds. The number of fused-ring (bicyclic) bond motifs is 3. The van der Waals surface area contributed by atoms with Gasteiger partial charge in [-0.1, -0.05) is 6.08 Å². The Hall–Kier alpha value is -1.40. The minimum Gasteiger partial charge on any atom is -0.548 e. The molecule has 6 heteroatoms. The molecule has 3 heterocycles. The first-order chi connectivity index (χ1) is 9.60. The summed E-state index contributed by atoms with van der Waals surface area (Å²) in [5.74, 6) is -0.277. The second-order valence-corrected chi connectivity index (χ2v) is 5.66. The summed E-state index contributed by atoms with van der Waals surface area (Å²) in [6, 6.07) is 0.454. The lowest BCUT2D eigenvalue weighted by Crippen LogP contribution is -3.20. The lowest BCUT2D eigenvalue weighted by molar-refractivity contribution is -0.944. The van der Waals surface area contributed by atoms with Crippen LogP contribution in [0.1, 0.15) is 12.8 Å². The third-order valence-corrected chi connectivity index (χ3v) is 4.41. The van der Waals surface area contributed by atoms with Crippen molar-refractivity contribution >= 4 is 11.9 Å². The molecule has 20 heavy (non-hydrogen) atoms. The summed E-state index contributed by atoms with van der Waals surface area (Å²) in [6.45, 7) is 6.02. The Morgan fingerprint density at radius 3 is 2.85 bits per heavy atom. The highest BCUT2D eigenvalue weighted by Gasteiger charge is 2.42. The highest BCUT2D eigenvalue weighted by atomic mass is 16.5. The maximum Gasteiger partial charge on any atom is 0.246 e. The quantitative estimate of drug-likeness (QED) is 0.500. The number of piperidine rings is 3. The fourth-order valence-corrected chi connectivity index (χ4v) is 3.37. The number of quaternary nitrogens is 1. The summed E-state index contributed by atoms with van der Waals surface area (Å²) in [6.07, 6.45) is 4.42. The molecule has 2 bridgehead atoms. The largest absolute Gasteiger partial charge is 0.548 e. The zero-order chi connectivity index (χ0) is 14.5. The molecule has 3 aliphatic rings. The van der Waals surface area contributed by atoms with E-state index < -0.39 is 12.6 Å². The van der Waals surface area contributed by atoms with Crippen molar-refractivity contribution in [3.8, 4) is 0 Å². The van der Waals surface area contributed by atoms with Crippen molar-refractivity contribution < 1.29 is 24.3 Å². The van der Waals surface area contributed by atoms with Gasteiger partial charge >= 0.3 is 0 Å². The summed E-state index contributed by atoms with van der Waals surface area (Å²) in [5, 5.41) is 13.0. The second kappa shape index (κ2) is 6.85. The number of carboxylic acid groups (broad SMARTS) is 1. The van der Waals surface area contributed by atoms with Gasteiger partial charge in [-0.2, -0.15) is 0 Å². The average molecular weight is 282 g/mol. The summed E-state index contributed by atoms with van der Waals surface area (Å²) < 4.78 is 4.70. The van der Waals surface area contributed by atoms with E-state index in [1.54, 1.807) is 0 Å². The molecule has 0 saturated carbocycles. The van der Waals surface area contributed by atoms with E-state index in [0.29, 0.717) is 24.4 Å². The predicted octanol–water partition coefficient (Wildman–Crippen LogP) is -2.65. The maximum absolute atomic E-state index is 11.5. The second-order valence-electron chi connectivity index (χ2n) is 5.66. The first-order valence-corrected chi connectivity index (χ1v) is 7.11. The Bertz CT molecular complexity index is 385. The van der Waals surface area contributed by atoms with Crippen molar-refractivity contribution in [1.29, 1.82) is 0 Å². The molecule has 0 spiro atoms. The van der Waals surface area contributed by atoms with Gasteiger partial charge in [-0.05, 0) is 5.92 Å². The molecule has 4 atom stereocenters. The van der Waals surface area contributed by atoms with Gasteiger partial charge in [0.1, 0.15) is 12.6 Å². The van der Waals surface area contributed by atoms with Crippen molar-refractivity contribution in [2.24, 2.45) is 11.8 Å². The smallest absolute Gasteiger partial charge is 0.246 e. The van der Waals surface area contributed by atoms with E-state index in [-0.39, 0.29) is 12.5 Å². The molecule has 0 aromatic rings. The normalized spacial score (nSPS) is 31.8. The van der Waals surface area contributed by atoms with Crippen LogP contribution in [0.5, 0.6) is 0 Å². The van der Waals surface area contributed by atoms with Crippen LogP contribution in [0.15, 0.2) is 12.7 Å². The lowest BCUT2D eigenvalue weighted by atomic mass is 9.75. The molecule has 112 valence electrons. The van der Waals surface area contributed by atoms with Crippen LogP contribution in [-0.4, -0.2) is 50.8 Å². The third-order valence-electron chi connectivity index (χ3n) is 4.41. The Kier molecular flexibility index (Phi) is 5.14. The fourth-order valence-electron chi connectivity index (χ4n) is 3.37. The van der Waals surface area contributed by atoms with Crippen LogP contribution in [0.2, 0.25) is 0 Å². The van der Waals surface area contributed by atoms with E-state index in [1.165, 1.54) is 11.3 Å². The SMILES string of the molecule is C=C[C@H]1C[NH+]2CC[C@H]1C[C@@H]2CNC(=O)COCC(=O)[O-]. The van der Waals surface area contributed by atoms with E-state index in [2.05, 4.69) is 18.0 Å². The number of nitrogens with one attached hydrogen (secondary N) is 2. The number of amides is 1. The van der Waals surface area contributed by atoms with Crippen LogP contribution in [0, 0.1) is 11.8 Å². The highest BCUT2D eigenvalue weighted by Crippen LogP contribution is 2.27. The number of hydrogen-bond donors (Lipinski definition) is 2. The van der Waals surface area contributed by atoms with E-state index >= 15 is 0 Å². The average Bonchev–Trinajstić information content (AvgIpc) is 2.45. The Morgan fingerprint density at radius 2 is 2.25 bits per heavy atom. The lowest BCUT2D eigenvalue weighted by Gasteiger charge is -2.46. The van der Waals surface area contributed by atoms with Gasteiger partial charge in [0.25, 0.3) is 0 Å². The van der Waals surface area contributed by atoms with Gasteiger partial charge in [0, 0.05) is 18.8 Å². The molecule has 1 unspecified atom stereocenters. The summed E-state index contributed by atoms with van der Waals surface area (Å²) in [4.78, 5) is 23.2. The van der Waals surface area contributed by atoms with Crippen molar-refractivity contribution in [2.45, 2.75) is 18.9 Å². The topological polar surface area (TPSA) is 82.9 Å². The van der Waals surface area contributed by atoms with Crippen LogP contribution in [-0.2, 0) is 14.3 Å². The fraction of sp³-hybridized carbons (Fsp3) is 0.714. The van der Waals surface area contributed by atoms with E-state index in [9.17, 15) is 14.7 Å². The van der Waals surface area contributed by atoms with Crippen LogP contribution in [0.3, 0.4) is 0 Å². The Morgan fingerprint density at radius 1 is 1.45 bits per heavy atom. The summed E-state index contributed by atoms with van der Waals surface area (Å²) in [7, 11) is 0. The van der Waals surface area contributed by atoms with E-state index in [4.69, 9.17) is 4.74 Å². The molecule has 3 saturated heterocycles. The first kappa shape index (κ1) is 15.0. The number of hydrogen-bond acceptors (Lipinski definition) is 4. The summed E-state index contributed by atoms with van der Waals surface area (Å²) >= 11 is 0. The van der Waals surface area contributed by atoms with Gasteiger partial charge in [0.05, 0.1) is 32.2 Å². The van der Waals surface area contributed by atoms with Gasteiger partial charge in [0.15, 0.2) is 0 Å². The van der Waals surface area contributed by atoms with E-state index in [1.807, 2.05) is 0 Å². The first-order valence-electron chi connectivity index (χ1n) is 7.11. The molecular weight excluding hydrogens is 260 g/mol. The Labute approximate surface area is 118 Å². The van der Waals surface area contributed by atoms with Gasteiger partial charge in [-0.25, -0.2) is 0 Å². The number of carbonyl (C=O) groups is 2. The molecule has 3 aliphatic heterocycles. The Balaban J connectivity index is 1.69. The molecule has 3 rings (SSSR count). The molecule has 0 aromatic carbocycles. The van der Waals surface area contributed by atoms with Crippen molar-refractivity contribution in [3.05, 3.63) is 12.7 Å². The zero-order valence-electron chi connectivity index (χ0n) is 11.6. The van der Waals surface area contributed by atoms with Gasteiger partial charge in [0.2, 0.25) is 5.91 Å². The van der Waals surface area contributed by atoms with Gasteiger partial charge < -0.3 is 24.9 Å². The molecule has 0 aromatic heterocycles. The van der Waals surface area contributed by atoms with Crippen molar-refractivity contribution in [1.82, 2.24) is 5.32 Å². The molecule has 6 nitrogen and oxygen atoms in total. The summed E-state index contributed by atoms with van der Waals surface area (Å²) in [5.41, 5.74) is 0. The number of carbonyl (C=O) groups excluding carboxylic acids is 2. The predicted molar refractivity (Wildman–Crippen MR) is 69.7 cm³/mol. The van der Waals surface area contributed by atoms with Gasteiger partial charge in [-0.3, -0.25) is 4.79 Å². The maximum atomic E-state index is 11.5. The number of aliphatic carboxylic acids is 1. The van der Waals surface area contributed by atoms with Crippen LogP contribution in [0.4, 0.5) is 0 Å². The number of ether oxygens (including phenoxy) is 1. The molecular formula is C14H22N2O4. The standard InChI is InChI=1S/C14H22N2O4/c1-2-10-7-16-4-3-11(10)5-12(16)6-15-13(17)8-20-9-14(18)19/h2,10-12H,1,3-9H2,(H,15,17)(H,18,19)/t10-,11-,12+/m0/s1. The van der Waals surface area contributed by atoms with Crippen LogP contribution < -0.4 is 15.3 Å². The van der Waals surface area contributed by atoms with Crippen LogP contribution >= 0.6 is 0 Å². The zero-order valence-corrected chi connectivity index (χ0v) is 11.6. The van der Waals surface area contributed by atoms with Crippen molar-refractivity contribution in [3.63, 3.8) is 0 Å².